The molecule has 0 aromatic heterocycles. The molecular weight excluding hydrogens is 383 g/mol. The molecule has 7 heteroatoms. The number of anilines is 2. The van der Waals surface area contributed by atoms with E-state index in [-0.39, 0.29) is 11.4 Å². The summed E-state index contributed by atoms with van der Waals surface area (Å²) in [5, 5.41) is 6.69. The van der Waals surface area contributed by atoms with E-state index in [1.807, 2.05) is 39.0 Å². The van der Waals surface area contributed by atoms with E-state index < -0.39 is 0 Å². The van der Waals surface area contributed by atoms with Crippen molar-refractivity contribution in [1.29, 1.82) is 0 Å². The Hall–Kier alpha value is -2.64. The van der Waals surface area contributed by atoms with Crippen LogP contribution in [0.15, 0.2) is 42.5 Å². The Kier molecular flexibility index (Phi) is 9.08. The van der Waals surface area contributed by atoms with E-state index in [1.54, 1.807) is 6.07 Å². The van der Waals surface area contributed by atoms with Crippen LogP contribution in [0.25, 0.3) is 0 Å². The lowest BCUT2D eigenvalue weighted by atomic mass is 10.1. The second kappa shape index (κ2) is 11.5. The Balaban J connectivity index is 0.000000396. The van der Waals surface area contributed by atoms with Crippen molar-refractivity contribution in [1.82, 2.24) is 5.32 Å². The van der Waals surface area contributed by atoms with Gasteiger partial charge in [-0.25, -0.2) is 4.39 Å². The predicted molar refractivity (Wildman–Crippen MR) is 120 cm³/mol. The van der Waals surface area contributed by atoms with Crippen molar-refractivity contribution >= 4 is 17.8 Å². The second-order valence-electron chi connectivity index (χ2n) is 8.03. The number of nitrogens with zero attached hydrogens (tertiary/aromatic N) is 1. The molecule has 3 rings (SSSR count). The summed E-state index contributed by atoms with van der Waals surface area (Å²) in [6, 6.07) is 13.5. The van der Waals surface area contributed by atoms with Crippen LogP contribution in [0.4, 0.5) is 15.8 Å². The van der Waals surface area contributed by atoms with Gasteiger partial charge in [0.15, 0.2) is 0 Å². The molecule has 0 atom stereocenters. The Morgan fingerprint density at radius 2 is 1.83 bits per heavy atom. The summed E-state index contributed by atoms with van der Waals surface area (Å²) in [4.78, 5) is 11.7. The van der Waals surface area contributed by atoms with E-state index in [9.17, 15) is 9.18 Å². The number of hydrogen-bond donors (Lipinski definition) is 3. The van der Waals surface area contributed by atoms with E-state index in [0.29, 0.717) is 25.2 Å². The molecule has 2 aromatic rings. The van der Waals surface area contributed by atoms with Gasteiger partial charge in [-0.1, -0.05) is 30.3 Å². The van der Waals surface area contributed by atoms with E-state index in [2.05, 4.69) is 32.4 Å². The first kappa shape index (κ1) is 23.6. The molecule has 30 heavy (non-hydrogen) atoms. The van der Waals surface area contributed by atoms with Gasteiger partial charge in [-0.2, -0.15) is 0 Å². The summed E-state index contributed by atoms with van der Waals surface area (Å²) in [5.41, 5.74) is 9.22. The van der Waals surface area contributed by atoms with Crippen molar-refractivity contribution in [2.24, 2.45) is 5.73 Å². The Bertz CT molecular complexity index is 788. The van der Waals surface area contributed by atoms with E-state index >= 15 is 0 Å². The molecule has 0 bridgehead atoms. The monoisotopic (exact) mass is 416 g/mol. The molecular formula is C23H33FN4O2. The zero-order valence-corrected chi connectivity index (χ0v) is 18.1. The normalized spacial score (nSPS) is 13.8. The molecule has 164 valence electrons. The number of carbonyl (C=O) groups excluding carboxylic acids is 1. The van der Waals surface area contributed by atoms with Gasteiger partial charge in [-0.15, -0.1) is 0 Å². The van der Waals surface area contributed by atoms with Crippen LogP contribution in [0.3, 0.4) is 0 Å². The second-order valence-corrected chi connectivity index (χ2v) is 8.03. The molecule has 1 saturated heterocycles. The summed E-state index contributed by atoms with van der Waals surface area (Å²) in [6.45, 7) is 10.3. The molecule has 0 amide bonds. The summed E-state index contributed by atoms with van der Waals surface area (Å²) in [7, 11) is 0. The first-order valence-electron chi connectivity index (χ1n) is 10.2. The number of halogens is 1. The van der Waals surface area contributed by atoms with Crippen molar-refractivity contribution in [2.45, 2.75) is 39.5 Å². The standard InChI is InChI=1S/C18H23FN4.C5H10O2/c19-16-6-7-17(22-13-14-4-2-1-3-5-14)15(12-20)18(16)23-10-8-21-9-11-23;1-5(2,3)7-4-6/h1-7,21-22H,8-13,20H2;4H,1-3H3. The quantitative estimate of drug-likeness (QED) is 0.628. The maximum absolute atomic E-state index is 14.4. The molecule has 4 N–H and O–H groups in total. The largest absolute Gasteiger partial charge is 0.462 e. The fourth-order valence-electron chi connectivity index (χ4n) is 3.15. The number of benzene rings is 2. The SMILES string of the molecule is CC(C)(C)OC=O.NCc1c(NCc2ccccc2)ccc(F)c1N1CCNCC1. The highest BCUT2D eigenvalue weighted by atomic mass is 19.1. The number of nitrogens with two attached hydrogens (primary N) is 1. The molecule has 1 heterocycles. The number of nitrogens with one attached hydrogen (secondary N) is 2. The van der Waals surface area contributed by atoms with Crippen molar-refractivity contribution in [3.63, 3.8) is 0 Å². The average Bonchev–Trinajstić information content (AvgIpc) is 2.73. The highest BCUT2D eigenvalue weighted by molar-refractivity contribution is 5.68. The summed E-state index contributed by atoms with van der Waals surface area (Å²) >= 11 is 0. The molecule has 1 fully saturated rings. The molecule has 0 spiro atoms. The van der Waals surface area contributed by atoms with Crippen molar-refractivity contribution in [2.75, 3.05) is 36.4 Å². The molecule has 2 aromatic carbocycles. The Labute approximate surface area is 178 Å². The molecule has 0 radical (unpaired) electrons. The van der Waals surface area contributed by atoms with Gasteiger partial charge in [0.25, 0.3) is 6.47 Å². The minimum atomic E-state index is -0.318. The van der Waals surface area contributed by atoms with Gasteiger partial charge < -0.3 is 26.0 Å². The molecule has 0 saturated carbocycles. The van der Waals surface area contributed by atoms with Gasteiger partial charge in [0.1, 0.15) is 11.4 Å². The molecule has 1 aliphatic rings. The number of rotatable bonds is 6. The topological polar surface area (TPSA) is 79.6 Å². The van der Waals surface area contributed by atoms with Crippen molar-refractivity contribution in [3.05, 3.63) is 59.4 Å². The van der Waals surface area contributed by atoms with Crippen LogP contribution in [-0.4, -0.2) is 38.3 Å². The number of hydrogen-bond acceptors (Lipinski definition) is 6. The van der Waals surface area contributed by atoms with Crippen LogP contribution in [0, 0.1) is 5.82 Å². The zero-order valence-electron chi connectivity index (χ0n) is 18.1. The van der Waals surface area contributed by atoms with Gasteiger partial charge >= 0.3 is 0 Å². The zero-order chi connectivity index (χ0) is 22.0. The number of piperazine rings is 1. The number of ether oxygens (including phenoxy) is 1. The Morgan fingerprint density at radius 3 is 2.37 bits per heavy atom. The Morgan fingerprint density at radius 1 is 1.17 bits per heavy atom. The molecule has 1 aliphatic heterocycles. The molecule has 6 nitrogen and oxygen atoms in total. The van der Waals surface area contributed by atoms with Crippen molar-refractivity contribution in [3.8, 4) is 0 Å². The molecule has 0 aliphatic carbocycles. The van der Waals surface area contributed by atoms with Crippen LogP contribution < -0.4 is 21.3 Å². The third-order valence-corrected chi connectivity index (χ3v) is 4.60. The maximum atomic E-state index is 14.4. The first-order chi connectivity index (χ1) is 14.4. The number of carbonyl (C=O) groups is 1. The predicted octanol–water partition coefficient (Wildman–Crippen LogP) is 3.26. The maximum Gasteiger partial charge on any atom is 0.293 e. The lowest BCUT2D eigenvalue weighted by Gasteiger charge is -2.32. The highest BCUT2D eigenvalue weighted by Gasteiger charge is 2.20. The van der Waals surface area contributed by atoms with Crippen LogP contribution in [-0.2, 0) is 22.6 Å². The fourth-order valence-corrected chi connectivity index (χ4v) is 3.15. The van der Waals surface area contributed by atoms with Gasteiger partial charge in [0.2, 0.25) is 0 Å². The van der Waals surface area contributed by atoms with Crippen LogP contribution in [0.2, 0.25) is 0 Å². The fraction of sp³-hybridized carbons (Fsp3) is 0.435. The highest BCUT2D eigenvalue weighted by Crippen LogP contribution is 2.31. The van der Waals surface area contributed by atoms with Gasteiger partial charge in [0.05, 0.1) is 5.69 Å². The van der Waals surface area contributed by atoms with E-state index in [1.165, 1.54) is 11.6 Å². The lowest BCUT2D eigenvalue weighted by Crippen LogP contribution is -2.44. The summed E-state index contributed by atoms with van der Waals surface area (Å²) in [5.74, 6) is -0.197. The van der Waals surface area contributed by atoms with E-state index in [0.717, 1.165) is 37.4 Å². The summed E-state index contributed by atoms with van der Waals surface area (Å²) in [6.07, 6.45) is 0. The average molecular weight is 417 g/mol. The first-order valence-corrected chi connectivity index (χ1v) is 10.2. The van der Waals surface area contributed by atoms with Gasteiger partial charge in [-0.05, 0) is 38.5 Å². The third-order valence-electron chi connectivity index (χ3n) is 4.60. The van der Waals surface area contributed by atoms with Gasteiger partial charge in [0, 0.05) is 50.5 Å². The smallest absolute Gasteiger partial charge is 0.293 e. The lowest BCUT2D eigenvalue weighted by molar-refractivity contribution is -0.138. The third kappa shape index (κ3) is 7.31. The van der Waals surface area contributed by atoms with Crippen LogP contribution in [0.5, 0.6) is 0 Å². The summed E-state index contributed by atoms with van der Waals surface area (Å²) < 4.78 is 19.0. The van der Waals surface area contributed by atoms with Gasteiger partial charge in [-0.3, -0.25) is 4.79 Å². The minimum Gasteiger partial charge on any atom is -0.462 e. The minimum absolute atomic E-state index is 0.197. The van der Waals surface area contributed by atoms with Crippen LogP contribution in [0.1, 0.15) is 31.9 Å². The van der Waals surface area contributed by atoms with Crippen molar-refractivity contribution < 1.29 is 13.9 Å². The molecule has 0 unspecified atom stereocenters. The van der Waals surface area contributed by atoms with Crippen LogP contribution >= 0.6 is 0 Å². The van der Waals surface area contributed by atoms with E-state index in [4.69, 9.17) is 5.73 Å².